The fourth-order valence-electron chi connectivity index (χ4n) is 1.63. The smallest absolute Gasteiger partial charge is 0.322 e. The molecule has 0 saturated carbocycles. The molecule has 0 spiro atoms. The lowest BCUT2D eigenvalue weighted by Crippen LogP contribution is -2.37. The van der Waals surface area contributed by atoms with Gasteiger partial charge in [-0.15, -0.1) is 0 Å². The third kappa shape index (κ3) is 3.96. The highest BCUT2D eigenvalue weighted by Crippen LogP contribution is 2.17. The van der Waals surface area contributed by atoms with E-state index in [9.17, 15) is 0 Å². The number of likely N-dealkylation sites (N-methyl/N-ethyl adjacent to an activating group) is 1. The second-order valence-corrected chi connectivity index (χ2v) is 4.05. The number of rotatable bonds is 7. The molecule has 0 fully saturated rings. The molecule has 0 amide bonds. The van der Waals surface area contributed by atoms with Gasteiger partial charge >= 0.3 is 6.01 Å². The fourth-order valence-corrected chi connectivity index (χ4v) is 1.77. The Hall–Kier alpha value is -1.14. The monoisotopic (exact) mass is 274 g/mol. The first-order valence-corrected chi connectivity index (χ1v) is 6.30. The first kappa shape index (κ1) is 14.9. The Balaban J connectivity index is 2.97. The summed E-state index contributed by atoms with van der Waals surface area (Å²) in [5.41, 5.74) is 0. The van der Waals surface area contributed by atoms with Crippen LogP contribution in [0.5, 0.6) is 6.01 Å². The van der Waals surface area contributed by atoms with Gasteiger partial charge in [0.2, 0.25) is 11.2 Å². The van der Waals surface area contributed by atoms with Crippen LogP contribution in [0, 0.1) is 0 Å². The van der Waals surface area contributed by atoms with Crippen molar-refractivity contribution in [3.8, 4) is 6.01 Å². The molecule has 0 aliphatic heterocycles. The SMILES string of the molecule is CCOc1nc(Cl)nc(N(CC)C(C)COC)n1. The van der Waals surface area contributed by atoms with Gasteiger partial charge < -0.3 is 14.4 Å². The summed E-state index contributed by atoms with van der Waals surface area (Å²) in [6, 6.07) is 0.392. The van der Waals surface area contributed by atoms with Crippen LogP contribution in [-0.4, -0.2) is 47.9 Å². The van der Waals surface area contributed by atoms with Gasteiger partial charge in [0.05, 0.1) is 19.3 Å². The van der Waals surface area contributed by atoms with Crippen LogP contribution >= 0.6 is 11.6 Å². The molecule has 1 atom stereocenters. The maximum absolute atomic E-state index is 5.87. The molecule has 7 heteroatoms. The van der Waals surface area contributed by atoms with E-state index in [2.05, 4.69) is 15.0 Å². The lowest BCUT2D eigenvalue weighted by Gasteiger charge is -2.27. The fraction of sp³-hybridized carbons (Fsp3) is 0.727. The summed E-state index contributed by atoms with van der Waals surface area (Å²) in [7, 11) is 1.66. The Kier molecular flexibility index (Phi) is 6.07. The molecule has 0 aliphatic carbocycles. The van der Waals surface area contributed by atoms with E-state index in [1.807, 2.05) is 25.7 Å². The van der Waals surface area contributed by atoms with Crippen molar-refractivity contribution in [1.29, 1.82) is 0 Å². The Morgan fingerprint density at radius 2 is 2.00 bits per heavy atom. The van der Waals surface area contributed by atoms with Crippen LogP contribution in [0.25, 0.3) is 0 Å². The third-order valence-electron chi connectivity index (χ3n) is 2.39. The molecule has 102 valence electrons. The van der Waals surface area contributed by atoms with Gasteiger partial charge in [-0.1, -0.05) is 0 Å². The van der Waals surface area contributed by atoms with Gasteiger partial charge in [0.15, 0.2) is 0 Å². The molecule has 18 heavy (non-hydrogen) atoms. The van der Waals surface area contributed by atoms with Gasteiger partial charge in [0, 0.05) is 13.7 Å². The summed E-state index contributed by atoms with van der Waals surface area (Å²) >= 11 is 5.87. The van der Waals surface area contributed by atoms with Crippen molar-refractivity contribution in [2.24, 2.45) is 0 Å². The summed E-state index contributed by atoms with van der Waals surface area (Å²) < 4.78 is 10.4. The Labute approximate surface area is 112 Å². The summed E-state index contributed by atoms with van der Waals surface area (Å²) in [5, 5.41) is 0.131. The Morgan fingerprint density at radius 1 is 1.28 bits per heavy atom. The van der Waals surface area contributed by atoms with Crippen LogP contribution in [0.2, 0.25) is 5.28 Å². The molecule has 1 unspecified atom stereocenters. The van der Waals surface area contributed by atoms with Crippen LogP contribution in [0.1, 0.15) is 20.8 Å². The van der Waals surface area contributed by atoms with Gasteiger partial charge in [-0.2, -0.15) is 15.0 Å². The zero-order valence-electron chi connectivity index (χ0n) is 11.2. The van der Waals surface area contributed by atoms with Crippen molar-refractivity contribution >= 4 is 17.5 Å². The van der Waals surface area contributed by atoms with Crippen LogP contribution in [-0.2, 0) is 4.74 Å². The molecule has 0 N–H and O–H groups in total. The van der Waals surface area contributed by atoms with E-state index >= 15 is 0 Å². The second-order valence-electron chi connectivity index (χ2n) is 3.71. The van der Waals surface area contributed by atoms with E-state index < -0.39 is 0 Å². The van der Waals surface area contributed by atoms with E-state index in [0.29, 0.717) is 19.2 Å². The van der Waals surface area contributed by atoms with Gasteiger partial charge in [-0.25, -0.2) is 0 Å². The Morgan fingerprint density at radius 3 is 2.56 bits per heavy atom. The standard InChI is InChI=1S/C11H19ClN4O2/c1-5-16(8(3)7-17-4)10-13-9(12)14-11(15-10)18-6-2/h8H,5-7H2,1-4H3. The second kappa shape index (κ2) is 7.33. The van der Waals surface area contributed by atoms with Crippen molar-refractivity contribution in [3.63, 3.8) is 0 Å². The minimum atomic E-state index is 0.131. The number of methoxy groups -OCH3 is 1. The van der Waals surface area contributed by atoms with E-state index in [1.165, 1.54) is 0 Å². The number of halogens is 1. The highest BCUT2D eigenvalue weighted by atomic mass is 35.5. The van der Waals surface area contributed by atoms with Crippen LogP contribution < -0.4 is 9.64 Å². The molecule has 1 heterocycles. The summed E-state index contributed by atoms with van der Waals surface area (Å²) in [4.78, 5) is 14.3. The molecule has 0 saturated heterocycles. The maximum atomic E-state index is 5.87. The molecular formula is C11H19ClN4O2. The number of anilines is 1. The highest BCUT2D eigenvalue weighted by Gasteiger charge is 2.17. The van der Waals surface area contributed by atoms with Crippen LogP contribution in [0.3, 0.4) is 0 Å². The maximum Gasteiger partial charge on any atom is 0.322 e. The molecule has 1 rings (SSSR count). The first-order chi connectivity index (χ1) is 8.62. The van der Waals surface area contributed by atoms with Gasteiger partial charge in [0.25, 0.3) is 0 Å². The molecule has 0 aromatic carbocycles. The molecule has 0 bridgehead atoms. The normalized spacial score (nSPS) is 12.3. The number of hydrogen-bond acceptors (Lipinski definition) is 6. The third-order valence-corrected chi connectivity index (χ3v) is 2.56. The largest absolute Gasteiger partial charge is 0.464 e. The van der Waals surface area contributed by atoms with Crippen LogP contribution in [0.4, 0.5) is 5.95 Å². The molecule has 1 aromatic rings. The number of hydrogen-bond donors (Lipinski definition) is 0. The van der Waals surface area contributed by atoms with E-state index in [0.717, 1.165) is 6.54 Å². The summed E-state index contributed by atoms with van der Waals surface area (Å²) in [6.45, 7) is 7.73. The summed E-state index contributed by atoms with van der Waals surface area (Å²) in [6.07, 6.45) is 0. The van der Waals surface area contributed by atoms with Gasteiger partial charge in [-0.3, -0.25) is 0 Å². The molecule has 1 aromatic heterocycles. The lowest BCUT2D eigenvalue weighted by molar-refractivity contribution is 0.181. The van der Waals surface area contributed by atoms with E-state index in [1.54, 1.807) is 7.11 Å². The lowest BCUT2D eigenvalue weighted by atomic mass is 10.3. The minimum absolute atomic E-state index is 0.131. The van der Waals surface area contributed by atoms with Crippen molar-refractivity contribution < 1.29 is 9.47 Å². The van der Waals surface area contributed by atoms with E-state index in [4.69, 9.17) is 21.1 Å². The highest BCUT2D eigenvalue weighted by molar-refractivity contribution is 6.28. The predicted molar refractivity (Wildman–Crippen MR) is 70.4 cm³/mol. The first-order valence-electron chi connectivity index (χ1n) is 5.92. The minimum Gasteiger partial charge on any atom is -0.464 e. The molecule has 0 radical (unpaired) electrons. The van der Waals surface area contributed by atoms with Crippen molar-refractivity contribution in [1.82, 2.24) is 15.0 Å². The zero-order valence-corrected chi connectivity index (χ0v) is 11.9. The molecule has 6 nitrogen and oxygen atoms in total. The Bertz CT molecular complexity index is 378. The average molecular weight is 275 g/mol. The molecule has 0 aliphatic rings. The number of ether oxygens (including phenoxy) is 2. The van der Waals surface area contributed by atoms with Crippen LogP contribution in [0.15, 0.2) is 0 Å². The topological polar surface area (TPSA) is 60.4 Å². The number of aromatic nitrogens is 3. The van der Waals surface area contributed by atoms with Gasteiger partial charge in [0.1, 0.15) is 0 Å². The molecular weight excluding hydrogens is 256 g/mol. The average Bonchev–Trinajstić information content (AvgIpc) is 2.30. The van der Waals surface area contributed by atoms with E-state index in [-0.39, 0.29) is 17.3 Å². The van der Waals surface area contributed by atoms with Crippen molar-refractivity contribution in [2.75, 3.05) is 31.8 Å². The predicted octanol–water partition coefficient (Wildman–Crippen LogP) is 1.78. The zero-order chi connectivity index (χ0) is 13.5. The number of nitrogens with zero attached hydrogens (tertiary/aromatic N) is 4. The quantitative estimate of drug-likeness (QED) is 0.755. The van der Waals surface area contributed by atoms with Crippen molar-refractivity contribution in [2.45, 2.75) is 26.8 Å². The van der Waals surface area contributed by atoms with Crippen molar-refractivity contribution in [3.05, 3.63) is 5.28 Å². The summed E-state index contributed by atoms with van der Waals surface area (Å²) in [5.74, 6) is 0.505. The van der Waals surface area contributed by atoms with Gasteiger partial charge in [-0.05, 0) is 32.4 Å².